The molecular weight excluding hydrogens is 304 g/mol. The van der Waals surface area contributed by atoms with Gasteiger partial charge in [0.2, 0.25) is 5.91 Å². The van der Waals surface area contributed by atoms with E-state index in [2.05, 4.69) is 17.0 Å². The van der Waals surface area contributed by atoms with Gasteiger partial charge in [0.05, 0.1) is 26.5 Å². The zero-order chi connectivity index (χ0) is 16.9. The molecule has 2 aromatic rings. The van der Waals surface area contributed by atoms with Crippen molar-refractivity contribution in [3.8, 4) is 5.75 Å². The molecule has 0 bridgehead atoms. The van der Waals surface area contributed by atoms with E-state index in [9.17, 15) is 4.79 Å². The highest BCUT2D eigenvalue weighted by Crippen LogP contribution is 2.33. The Bertz CT molecular complexity index is 669. The number of rotatable bonds is 6. The summed E-state index contributed by atoms with van der Waals surface area (Å²) in [6.07, 6.45) is 3.81. The lowest BCUT2D eigenvalue weighted by Gasteiger charge is -2.26. The van der Waals surface area contributed by atoms with E-state index in [1.807, 2.05) is 31.3 Å². The van der Waals surface area contributed by atoms with E-state index >= 15 is 0 Å². The number of hydrogen-bond donors (Lipinski definition) is 0. The van der Waals surface area contributed by atoms with Gasteiger partial charge in [0, 0.05) is 13.1 Å². The molecule has 0 aliphatic carbocycles. The molecule has 1 aliphatic heterocycles. The van der Waals surface area contributed by atoms with Gasteiger partial charge in [-0.1, -0.05) is 12.1 Å². The van der Waals surface area contributed by atoms with Crippen molar-refractivity contribution < 1.29 is 13.9 Å². The van der Waals surface area contributed by atoms with Gasteiger partial charge in [-0.25, -0.2) is 0 Å². The Morgan fingerprint density at radius 2 is 2.25 bits per heavy atom. The molecule has 5 heteroatoms. The van der Waals surface area contributed by atoms with Gasteiger partial charge in [0.1, 0.15) is 11.5 Å². The number of carbonyl (C=O) groups excluding carboxylic acids is 1. The lowest BCUT2D eigenvalue weighted by molar-refractivity contribution is -0.132. The molecule has 1 aromatic heterocycles. The van der Waals surface area contributed by atoms with Gasteiger partial charge in [-0.05, 0) is 49.2 Å². The summed E-state index contributed by atoms with van der Waals surface area (Å²) in [6.45, 7) is 1.88. The summed E-state index contributed by atoms with van der Waals surface area (Å²) in [5, 5.41) is 0. The second-order valence-corrected chi connectivity index (χ2v) is 6.23. The molecule has 0 radical (unpaired) electrons. The van der Waals surface area contributed by atoms with Gasteiger partial charge in [0.15, 0.2) is 0 Å². The SMILES string of the molecule is COc1cccc(C2CCCN2CC(=O)N(C)Cc2ccco2)c1. The third-order valence-electron chi connectivity index (χ3n) is 4.58. The second-order valence-electron chi connectivity index (χ2n) is 6.23. The van der Waals surface area contributed by atoms with Crippen molar-refractivity contribution in [3.63, 3.8) is 0 Å². The molecule has 1 unspecified atom stereocenters. The molecule has 24 heavy (non-hydrogen) atoms. The third-order valence-corrected chi connectivity index (χ3v) is 4.58. The fourth-order valence-corrected chi connectivity index (χ4v) is 3.26. The summed E-state index contributed by atoms with van der Waals surface area (Å²) in [6, 6.07) is 12.1. The number of ether oxygens (including phenoxy) is 1. The van der Waals surface area contributed by atoms with E-state index in [0.29, 0.717) is 13.1 Å². The Labute approximate surface area is 142 Å². The van der Waals surface area contributed by atoms with Crippen LogP contribution in [0.3, 0.4) is 0 Å². The molecular formula is C19H24N2O3. The Kier molecular flexibility index (Phi) is 5.20. The maximum atomic E-state index is 12.5. The Balaban J connectivity index is 1.63. The van der Waals surface area contributed by atoms with Gasteiger partial charge in [-0.15, -0.1) is 0 Å². The number of furan rings is 1. The van der Waals surface area contributed by atoms with E-state index < -0.39 is 0 Å². The predicted molar refractivity (Wildman–Crippen MR) is 91.7 cm³/mol. The summed E-state index contributed by atoms with van der Waals surface area (Å²) in [7, 11) is 3.50. The third kappa shape index (κ3) is 3.79. The molecule has 1 atom stereocenters. The van der Waals surface area contributed by atoms with Gasteiger partial charge in [0.25, 0.3) is 0 Å². The van der Waals surface area contributed by atoms with E-state index in [4.69, 9.17) is 9.15 Å². The van der Waals surface area contributed by atoms with E-state index in [1.54, 1.807) is 18.3 Å². The molecule has 128 valence electrons. The average Bonchev–Trinajstić information content (AvgIpc) is 3.26. The van der Waals surface area contributed by atoms with Crippen molar-refractivity contribution in [2.24, 2.45) is 0 Å². The zero-order valence-corrected chi connectivity index (χ0v) is 14.3. The highest BCUT2D eigenvalue weighted by Gasteiger charge is 2.28. The molecule has 1 aromatic carbocycles. The molecule has 0 saturated carbocycles. The van der Waals surface area contributed by atoms with E-state index in [1.165, 1.54) is 5.56 Å². The molecule has 5 nitrogen and oxygen atoms in total. The topological polar surface area (TPSA) is 45.9 Å². The number of nitrogens with zero attached hydrogens (tertiary/aromatic N) is 2. The van der Waals surface area contributed by atoms with Gasteiger partial charge in [-0.3, -0.25) is 9.69 Å². The van der Waals surface area contributed by atoms with Crippen LogP contribution in [0.25, 0.3) is 0 Å². The summed E-state index contributed by atoms with van der Waals surface area (Å²) in [4.78, 5) is 16.5. The zero-order valence-electron chi connectivity index (χ0n) is 14.3. The van der Waals surface area contributed by atoms with E-state index in [-0.39, 0.29) is 11.9 Å². The lowest BCUT2D eigenvalue weighted by atomic mass is 10.0. The highest BCUT2D eigenvalue weighted by atomic mass is 16.5. The van der Waals surface area contributed by atoms with Crippen LogP contribution in [0.1, 0.15) is 30.2 Å². The van der Waals surface area contributed by atoms with E-state index in [0.717, 1.165) is 30.9 Å². The predicted octanol–water partition coefficient (Wildman–Crippen LogP) is 3.08. The van der Waals surface area contributed by atoms with Crippen LogP contribution >= 0.6 is 0 Å². The normalized spacial score (nSPS) is 17.8. The smallest absolute Gasteiger partial charge is 0.236 e. The monoisotopic (exact) mass is 328 g/mol. The number of benzene rings is 1. The fraction of sp³-hybridized carbons (Fsp3) is 0.421. The molecule has 3 rings (SSSR count). The van der Waals surface area contributed by atoms with Gasteiger partial charge in [-0.2, -0.15) is 0 Å². The molecule has 1 aliphatic rings. The van der Waals surface area contributed by atoms with Crippen LogP contribution in [0.15, 0.2) is 47.1 Å². The Morgan fingerprint density at radius 3 is 3.00 bits per heavy atom. The fourth-order valence-electron chi connectivity index (χ4n) is 3.26. The number of hydrogen-bond acceptors (Lipinski definition) is 4. The molecule has 0 spiro atoms. The summed E-state index contributed by atoms with van der Waals surface area (Å²) >= 11 is 0. The number of likely N-dealkylation sites (tertiary alicyclic amines) is 1. The van der Waals surface area contributed by atoms with Crippen LogP contribution in [-0.4, -0.2) is 43.0 Å². The lowest BCUT2D eigenvalue weighted by Crippen LogP contribution is -2.37. The Morgan fingerprint density at radius 1 is 1.38 bits per heavy atom. The minimum atomic E-state index is 0.112. The number of carbonyl (C=O) groups is 1. The van der Waals surface area contributed by atoms with Crippen LogP contribution in [0.2, 0.25) is 0 Å². The first-order chi connectivity index (χ1) is 11.7. The number of amides is 1. The van der Waals surface area contributed by atoms with Crippen LogP contribution < -0.4 is 4.74 Å². The van der Waals surface area contributed by atoms with Crippen molar-refractivity contribution in [2.45, 2.75) is 25.4 Å². The molecule has 1 fully saturated rings. The van der Waals surface area contributed by atoms with Crippen molar-refractivity contribution in [1.29, 1.82) is 0 Å². The first-order valence-corrected chi connectivity index (χ1v) is 8.31. The van der Waals surface area contributed by atoms with Crippen molar-refractivity contribution in [3.05, 3.63) is 54.0 Å². The standard InChI is InChI=1S/C19H24N2O3/c1-20(13-17-8-5-11-24-17)19(22)14-21-10-4-9-18(21)15-6-3-7-16(12-15)23-2/h3,5-8,11-12,18H,4,9-10,13-14H2,1-2H3. The maximum absolute atomic E-state index is 12.5. The first kappa shape index (κ1) is 16.6. The molecule has 1 saturated heterocycles. The highest BCUT2D eigenvalue weighted by molar-refractivity contribution is 5.78. The molecule has 0 N–H and O–H groups in total. The van der Waals surface area contributed by atoms with Crippen molar-refractivity contribution in [1.82, 2.24) is 9.80 Å². The first-order valence-electron chi connectivity index (χ1n) is 8.31. The van der Waals surface area contributed by atoms with Gasteiger partial charge >= 0.3 is 0 Å². The van der Waals surface area contributed by atoms with Crippen LogP contribution in [0.4, 0.5) is 0 Å². The van der Waals surface area contributed by atoms with Crippen LogP contribution in [0.5, 0.6) is 5.75 Å². The number of methoxy groups -OCH3 is 1. The second kappa shape index (κ2) is 7.53. The minimum Gasteiger partial charge on any atom is -0.497 e. The minimum absolute atomic E-state index is 0.112. The molecule has 2 heterocycles. The van der Waals surface area contributed by atoms with Crippen molar-refractivity contribution >= 4 is 5.91 Å². The quantitative estimate of drug-likeness (QED) is 0.817. The van der Waals surface area contributed by atoms with Crippen LogP contribution in [0, 0.1) is 0 Å². The maximum Gasteiger partial charge on any atom is 0.236 e. The summed E-state index contributed by atoms with van der Waals surface area (Å²) in [5.74, 6) is 1.78. The Hall–Kier alpha value is -2.27. The summed E-state index contributed by atoms with van der Waals surface area (Å²) < 4.78 is 10.6. The summed E-state index contributed by atoms with van der Waals surface area (Å²) in [5.41, 5.74) is 1.22. The molecule has 1 amide bonds. The number of likely N-dealkylation sites (N-methyl/N-ethyl adjacent to an activating group) is 1. The largest absolute Gasteiger partial charge is 0.497 e. The van der Waals surface area contributed by atoms with Crippen LogP contribution in [-0.2, 0) is 11.3 Å². The van der Waals surface area contributed by atoms with Crippen molar-refractivity contribution in [2.75, 3.05) is 27.2 Å². The van der Waals surface area contributed by atoms with Gasteiger partial charge < -0.3 is 14.1 Å². The average molecular weight is 328 g/mol.